The van der Waals surface area contributed by atoms with Crippen LogP contribution in [0.5, 0.6) is 0 Å². The molecule has 12 heteroatoms. The highest BCUT2D eigenvalue weighted by molar-refractivity contribution is 6.04. The minimum atomic E-state index is -0.252. The van der Waals surface area contributed by atoms with Gasteiger partial charge in [-0.2, -0.15) is 0 Å². The van der Waals surface area contributed by atoms with Crippen LogP contribution in [0.1, 0.15) is 71.3 Å². The predicted octanol–water partition coefficient (Wildman–Crippen LogP) is 2.64. The Morgan fingerprint density at radius 2 is 1.39 bits per heavy atom. The van der Waals surface area contributed by atoms with E-state index in [0.717, 1.165) is 31.2 Å². The molecule has 1 aromatic carbocycles. The highest BCUT2D eigenvalue weighted by atomic mass is 16.5. The van der Waals surface area contributed by atoms with Crippen LogP contribution >= 0.6 is 0 Å². The molecule has 5 amide bonds. The molecule has 2 aliphatic rings. The Morgan fingerprint density at radius 1 is 0.761 bits per heavy atom. The fourth-order valence-electron chi connectivity index (χ4n) is 5.65. The van der Waals surface area contributed by atoms with E-state index in [-0.39, 0.29) is 72.0 Å². The van der Waals surface area contributed by atoms with Crippen molar-refractivity contribution in [3.63, 3.8) is 0 Å². The summed E-state index contributed by atoms with van der Waals surface area (Å²) in [4.78, 5) is 73.7. The molecule has 2 fully saturated rings. The summed E-state index contributed by atoms with van der Waals surface area (Å²) in [5.74, 6) is -0.681. The molecule has 12 nitrogen and oxygen atoms in total. The quantitative estimate of drug-likeness (QED) is 0.153. The first kappa shape index (κ1) is 36.8. The largest absolute Gasteiger partial charge is 0.379 e. The van der Waals surface area contributed by atoms with E-state index < -0.39 is 0 Å². The van der Waals surface area contributed by atoms with Gasteiger partial charge in [0.2, 0.25) is 29.5 Å². The van der Waals surface area contributed by atoms with Crippen molar-refractivity contribution in [3.8, 4) is 0 Å². The van der Waals surface area contributed by atoms with E-state index in [1.807, 2.05) is 26.0 Å². The number of carbonyl (C=O) groups excluding carboxylic acids is 6. The van der Waals surface area contributed by atoms with E-state index in [2.05, 4.69) is 16.0 Å². The van der Waals surface area contributed by atoms with Crippen LogP contribution < -0.4 is 16.0 Å². The molecule has 2 unspecified atom stereocenters. The van der Waals surface area contributed by atoms with Crippen LogP contribution in [0.15, 0.2) is 24.3 Å². The van der Waals surface area contributed by atoms with Crippen molar-refractivity contribution in [3.05, 3.63) is 29.8 Å². The third-order valence-electron chi connectivity index (χ3n) is 8.79. The summed E-state index contributed by atoms with van der Waals surface area (Å²) in [5.41, 5.74) is 1.64. The fourth-order valence-corrected chi connectivity index (χ4v) is 5.65. The van der Waals surface area contributed by atoms with Crippen molar-refractivity contribution in [2.45, 2.75) is 72.1 Å². The zero-order valence-corrected chi connectivity index (χ0v) is 27.4. The average molecular weight is 643 g/mol. The van der Waals surface area contributed by atoms with E-state index in [0.29, 0.717) is 64.4 Å². The molecular formula is C34H50N4O8. The molecule has 46 heavy (non-hydrogen) atoms. The molecule has 1 aliphatic carbocycles. The van der Waals surface area contributed by atoms with Gasteiger partial charge in [-0.05, 0) is 62.6 Å². The maximum atomic E-state index is 12.6. The molecule has 1 saturated carbocycles. The van der Waals surface area contributed by atoms with Gasteiger partial charge < -0.3 is 25.4 Å². The first-order chi connectivity index (χ1) is 22.0. The Kier molecular flexibility index (Phi) is 15.3. The minimum absolute atomic E-state index is 0.0133. The van der Waals surface area contributed by atoms with Gasteiger partial charge in [0.05, 0.1) is 32.8 Å². The smallest absolute Gasteiger partial charge is 0.232 e. The van der Waals surface area contributed by atoms with Gasteiger partial charge in [0.1, 0.15) is 5.78 Å². The van der Waals surface area contributed by atoms with Crippen LogP contribution in [0.3, 0.4) is 0 Å². The van der Waals surface area contributed by atoms with Crippen molar-refractivity contribution in [1.29, 1.82) is 0 Å². The highest BCUT2D eigenvalue weighted by Crippen LogP contribution is 2.32. The number of hydrogen-bond acceptors (Lipinski definition) is 8. The van der Waals surface area contributed by atoms with Crippen LogP contribution in [0.4, 0.5) is 5.69 Å². The number of Topliss-reactive ketones (excluding diaryl/α,β-unsaturated/α-hetero) is 1. The highest BCUT2D eigenvalue weighted by Gasteiger charge is 2.43. The van der Waals surface area contributed by atoms with Crippen molar-refractivity contribution in [2.24, 2.45) is 23.7 Å². The number of rotatable bonds is 19. The number of benzene rings is 1. The Balaban J connectivity index is 1.16. The number of anilines is 1. The second-order valence-corrected chi connectivity index (χ2v) is 12.4. The minimum Gasteiger partial charge on any atom is -0.379 e. The van der Waals surface area contributed by atoms with E-state index in [9.17, 15) is 28.8 Å². The third kappa shape index (κ3) is 12.3. The molecule has 1 saturated heterocycles. The topological polar surface area (TPSA) is 160 Å². The summed E-state index contributed by atoms with van der Waals surface area (Å²) >= 11 is 0. The second kappa shape index (κ2) is 19.1. The van der Waals surface area contributed by atoms with E-state index in [1.165, 1.54) is 11.8 Å². The lowest BCUT2D eigenvalue weighted by atomic mass is 9.81. The molecule has 0 spiro atoms. The van der Waals surface area contributed by atoms with E-state index in [1.54, 1.807) is 12.1 Å². The van der Waals surface area contributed by atoms with Gasteiger partial charge in [0.15, 0.2) is 0 Å². The van der Waals surface area contributed by atoms with Gasteiger partial charge >= 0.3 is 0 Å². The zero-order chi connectivity index (χ0) is 33.5. The fraction of sp³-hybridized carbons (Fsp3) is 0.647. The van der Waals surface area contributed by atoms with Crippen molar-refractivity contribution >= 4 is 41.0 Å². The zero-order valence-electron chi connectivity index (χ0n) is 27.4. The van der Waals surface area contributed by atoms with Crippen LogP contribution in [0.25, 0.3) is 0 Å². The molecule has 0 bridgehead atoms. The lowest BCUT2D eigenvalue weighted by Gasteiger charge is -2.30. The SMILES string of the molecule is CC(=O)CCNC(=O)CCc1ccc(NC(=O)CCOCCOCCNC(=O)C2CCC(CN3C(=O)C(C)C(C)C3=O)CC2)cc1. The Morgan fingerprint density at radius 3 is 2.02 bits per heavy atom. The molecule has 1 aromatic rings. The number of likely N-dealkylation sites (tertiary alicyclic amines) is 1. The van der Waals surface area contributed by atoms with Crippen LogP contribution in [0.2, 0.25) is 0 Å². The lowest BCUT2D eigenvalue weighted by Crippen LogP contribution is -2.39. The molecular weight excluding hydrogens is 592 g/mol. The number of nitrogens with one attached hydrogen (secondary N) is 3. The maximum Gasteiger partial charge on any atom is 0.232 e. The van der Waals surface area contributed by atoms with Gasteiger partial charge in [-0.1, -0.05) is 26.0 Å². The van der Waals surface area contributed by atoms with Gasteiger partial charge in [-0.25, -0.2) is 0 Å². The number of ketones is 1. The first-order valence-corrected chi connectivity index (χ1v) is 16.5. The van der Waals surface area contributed by atoms with Crippen molar-refractivity contribution in [1.82, 2.24) is 15.5 Å². The summed E-state index contributed by atoms with van der Waals surface area (Å²) in [7, 11) is 0. The molecule has 0 aromatic heterocycles. The monoisotopic (exact) mass is 642 g/mol. The Bertz CT molecular complexity index is 1180. The maximum absolute atomic E-state index is 12.6. The van der Waals surface area contributed by atoms with Gasteiger partial charge in [-0.3, -0.25) is 33.7 Å². The number of hydrogen-bond donors (Lipinski definition) is 3. The number of aryl methyl sites for hydroxylation is 1. The summed E-state index contributed by atoms with van der Waals surface area (Å²) in [6, 6.07) is 7.32. The molecule has 0 radical (unpaired) electrons. The van der Waals surface area contributed by atoms with Crippen molar-refractivity contribution < 1.29 is 38.2 Å². The van der Waals surface area contributed by atoms with Gasteiger partial charge in [-0.15, -0.1) is 0 Å². The first-order valence-electron chi connectivity index (χ1n) is 16.5. The molecule has 2 atom stereocenters. The third-order valence-corrected chi connectivity index (χ3v) is 8.79. The molecule has 3 N–H and O–H groups in total. The normalized spacial score (nSPS) is 21.2. The molecule has 254 valence electrons. The predicted molar refractivity (Wildman–Crippen MR) is 171 cm³/mol. The van der Waals surface area contributed by atoms with Gasteiger partial charge in [0.25, 0.3) is 0 Å². The van der Waals surface area contributed by atoms with Crippen molar-refractivity contribution in [2.75, 3.05) is 51.4 Å². The van der Waals surface area contributed by atoms with Gasteiger partial charge in [0, 0.05) is 55.9 Å². The number of amides is 5. The van der Waals surface area contributed by atoms with Crippen LogP contribution in [-0.4, -0.2) is 86.3 Å². The summed E-state index contributed by atoms with van der Waals surface area (Å²) in [5, 5.41) is 8.47. The molecule has 3 rings (SSSR count). The number of ether oxygens (including phenoxy) is 2. The number of carbonyl (C=O) groups is 6. The number of nitrogens with zero attached hydrogens (tertiary/aromatic N) is 1. The van der Waals surface area contributed by atoms with Crippen LogP contribution in [0, 0.1) is 23.7 Å². The Hall–Kier alpha value is -3.64. The van der Waals surface area contributed by atoms with E-state index in [4.69, 9.17) is 9.47 Å². The summed E-state index contributed by atoms with van der Waals surface area (Å²) in [6.07, 6.45) is 4.56. The summed E-state index contributed by atoms with van der Waals surface area (Å²) < 4.78 is 11.0. The second-order valence-electron chi connectivity index (χ2n) is 12.4. The summed E-state index contributed by atoms with van der Waals surface area (Å²) in [6.45, 7) is 7.64. The van der Waals surface area contributed by atoms with E-state index >= 15 is 0 Å². The average Bonchev–Trinajstić information content (AvgIpc) is 3.21. The number of imide groups is 1. The lowest BCUT2D eigenvalue weighted by molar-refractivity contribution is -0.141. The standard InChI is InChI=1S/C34H50N4O8/c1-23(39)14-16-35-30(40)13-8-26-6-11-29(12-7-26)37-31(41)15-18-45-20-21-46-19-17-36-32(42)28-9-4-27(5-10-28)22-38-33(43)24(2)25(3)34(38)44/h6-7,11-12,24-25,27-28H,4-5,8-10,13-22H2,1-3H3,(H,35,40)(H,36,42)(H,37,41). The van der Waals surface area contributed by atoms with Crippen LogP contribution in [-0.2, 0) is 44.7 Å². The molecule has 1 aliphatic heterocycles. The Labute approximate surface area is 271 Å². The molecule has 1 heterocycles.